The first-order chi connectivity index (χ1) is 16.0. The molecule has 8 heteroatoms. The summed E-state index contributed by atoms with van der Waals surface area (Å²) < 4.78 is 13.1. The average Bonchev–Trinajstić information content (AvgIpc) is 3.39. The normalized spacial score (nSPS) is 16.1. The van der Waals surface area contributed by atoms with E-state index in [1.54, 1.807) is 9.58 Å². The van der Waals surface area contributed by atoms with Gasteiger partial charge in [-0.3, -0.25) is 14.3 Å². The second-order valence-electron chi connectivity index (χ2n) is 8.66. The van der Waals surface area contributed by atoms with Gasteiger partial charge in [-0.15, -0.1) is 0 Å². The van der Waals surface area contributed by atoms with Gasteiger partial charge in [0.2, 0.25) is 5.91 Å². The van der Waals surface area contributed by atoms with Crippen LogP contribution in [0.2, 0.25) is 0 Å². The van der Waals surface area contributed by atoms with Crippen molar-refractivity contribution in [1.29, 1.82) is 0 Å². The lowest BCUT2D eigenvalue weighted by Gasteiger charge is -2.26. The summed E-state index contributed by atoms with van der Waals surface area (Å²) in [6.45, 7) is 6.25. The summed E-state index contributed by atoms with van der Waals surface area (Å²) in [6.07, 6.45) is 3.41. The van der Waals surface area contributed by atoms with Crippen molar-refractivity contribution in [1.82, 2.24) is 20.0 Å². The maximum Gasteiger partial charge on any atom is 0.290 e. The number of rotatable bonds is 5. The molecule has 1 fully saturated rings. The second kappa shape index (κ2) is 8.86. The summed E-state index contributed by atoms with van der Waals surface area (Å²) in [5.74, 6) is 0.988. The van der Waals surface area contributed by atoms with Gasteiger partial charge in [0.15, 0.2) is 5.76 Å². The Bertz CT molecular complexity index is 1170. The Hall–Kier alpha value is -3.39. The molecule has 33 heavy (non-hydrogen) atoms. The molecule has 0 bridgehead atoms. The predicted molar refractivity (Wildman–Crippen MR) is 122 cm³/mol. The van der Waals surface area contributed by atoms with Gasteiger partial charge in [-0.1, -0.05) is 30.3 Å². The first-order valence-corrected chi connectivity index (χ1v) is 11.4. The molecule has 1 N–H and O–H groups in total. The lowest BCUT2D eigenvalue weighted by molar-refractivity contribution is -0.122. The fraction of sp³-hybridized carbons (Fsp3) is 0.400. The highest BCUT2D eigenvalue weighted by molar-refractivity contribution is 5.95. The number of morpholine rings is 1. The van der Waals surface area contributed by atoms with E-state index in [4.69, 9.17) is 14.3 Å². The van der Waals surface area contributed by atoms with Crippen LogP contribution in [-0.4, -0.2) is 52.8 Å². The number of hydrogen-bond acceptors (Lipinski definition) is 5. The van der Waals surface area contributed by atoms with Crippen LogP contribution in [0.5, 0.6) is 0 Å². The van der Waals surface area contributed by atoms with E-state index in [-0.39, 0.29) is 24.4 Å². The van der Waals surface area contributed by atoms with Crippen LogP contribution in [-0.2, 0) is 28.9 Å². The van der Waals surface area contributed by atoms with Crippen LogP contribution in [0.4, 0.5) is 0 Å². The Kier molecular flexibility index (Phi) is 5.76. The summed E-state index contributed by atoms with van der Waals surface area (Å²) >= 11 is 0. The molecule has 1 aliphatic carbocycles. The van der Waals surface area contributed by atoms with Gasteiger partial charge in [0, 0.05) is 36.8 Å². The highest BCUT2D eigenvalue weighted by Gasteiger charge is 2.32. The molecule has 1 unspecified atom stereocenters. The van der Waals surface area contributed by atoms with Gasteiger partial charge in [-0.2, -0.15) is 5.10 Å². The number of amides is 2. The lowest BCUT2D eigenvalue weighted by Crippen LogP contribution is -2.40. The Morgan fingerprint density at radius 2 is 1.91 bits per heavy atom. The van der Waals surface area contributed by atoms with Gasteiger partial charge < -0.3 is 19.4 Å². The standard InChI is InChI=1S/C25H28N4O4/c1-16-22-20(33-24(16)25(31)28-10-12-32-13-11-28)9-8-19-14-29(27-23(19)22)15-21(30)26-17(2)18-6-4-3-5-7-18/h3-7,14,17H,8-13,15H2,1-2H3,(H,26,30). The topological polar surface area (TPSA) is 89.6 Å². The zero-order chi connectivity index (χ0) is 22.9. The Balaban J connectivity index is 1.33. The van der Waals surface area contributed by atoms with E-state index in [0.29, 0.717) is 38.5 Å². The third-order valence-corrected chi connectivity index (χ3v) is 6.39. The summed E-state index contributed by atoms with van der Waals surface area (Å²) in [4.78, 5) is 27.4. The van der Waals surface area contributed by atoms with Crippen LogP contribution in [0.3, 0.4) is 0 Å². The molecular weight excluding hydrogens is 420 g/mol. The molecule has 0 radical (unpaired) electrons. The summed E-state index contributed by atoms with van der Waals surface area (Å²) in [6, 6.07) is 9.79. The van der Waals surface area contributed by atoms with Crippen LogP contribution in [0.1, 0.15) is 46.0 Å². The fourth-order valence-electron chi connectivity index (χ4n) is 4.62. The summed E-state index contributed by atoms with van der Waals surface area (Å²) in [5.41, 5.74) is 4.64. The summed E-state index contributed by atoms with van der Waals surface area (Å²) in [5, 5.41) is 7.74. The minimum Gasteiger partial charge on any atom is -0.455 e. The molecular formula is C25H28N4O4. The molecule has 172 valence electrons. The quantitative estimate of drug-likeness (QED) is 0.648. The highest BCUT2D eigenvalue weighted by atomic mass is 16.5. The van der Waals surface area contributed by atoms with Gasteiger partial charge in [0.1, 0.15) is 12.3 Å². The number of hydrogen-bond donors (Lipinski definition) is 1. The molecule has 2 aliphatic rings. The van der Waals surface area contributed by atoms with E-state index < -0.39 is 0 Å². The van der Waals surface area contributed by atoms with Crippen LogP contribution in [0.15, 0.2) is 40.9 Å². The van der Waals surface area contributed by atoms with Gasteiger partial charge in [0.05, 0.1) is 24.9 Å². The molecule has 3 aromatic rings. The molecule has 0 saturated carbocycles. The molecule has 1 saturated heterocycles. The fourth-order valence-corrected chi connectivity index (χ4v) is 4.62. The molecule has 1 aromatic carbocycles. The zero-order valence-corrected chi connectivity index (χ0v) is 19.0. The Labute approximate surface area is 192 Å². The van der Waals surface area contributed by atoms with Crippen LogP contribution >= 0.6 is 0 Å². The molecule has 5 rings (SSSR count). The van der Waals surface area contributed by atoms with Crippen molar-refractivity contribution < 1.29 is 18.7 Å². The van der Waals surface area contributed by atoms with Crippen molar-refractivity contribution in [3.8, 4) is 11.3 Å². The highest BCUT2D eigenvalue weighted by Crippen LogP contribution is 2.38. The van der Waals surface area contributed by atoms with Crippen molar-refractivity contribution in [2.75, 3.05) is 26.3 Å². The van der Waals surface area contributed by atoms with Gasteiger partial charge >= 0.3 is 0 Å². The monoisotopic (exact) mass is 448 g/mol. The van der Waals surface area contributed by atoms with Gasteiger partial charge in [-0.05, 0) is 31.4 Å². The van der Waals surface area contributed by atoms with E-state index in [1.165, 1.54) is 0 Å². The third kappa shape index (κ3) is 4.18. The number of nitrogens with zero attached hydrogens (tertiary/aromatic N) is 3. The van der Waals surface area contributed by atoms with E-state index in [1.807, 2.05) is 50.4 Å². The van der Waals surface area contributed by atoms with Crippen molar-refractivity contribution in [3.05, 3.63) is 64.7 Å². The van der Waals surface area contributed by atoms with Crippen molar-refractivity contribution in [3.63, 3.8) is 0 Å². The van der Waals surface area contributed by atoms with E-state index in [9.17, 15) is 9.59 Å². The molecule has 0 spiro atoms. The summed E-state index contributed by atoms with van der Waals surface area (Å²) in [7, 11) is 0. The largest absolute Gasteiger partial charge is 0.455 e. The number of ether oxygens (including phenoxy) is 1. The number of nitrogens with one attached hydrogen (secondary N) is 1. The van der Waals surface area contributed by atoms with E-state index in [2.05, 4.69) is 5.32 Å². The first-order valence-electron chi connectivity index (χ1n) is 11.4. The smallest absolute Gasteiger partial charge is 0.290 e. The number of aromatic nitrogens is 2. The molecule has 1 aliphatic heterocycles. The molecule has 1 atom stereocenters. The first kappa shape index (κ1) is 21.5. The number of fused-ring (bicyclic) bond motifs is 3. The number of carbonyl (C=O) groups is 2. The number of aryl methyl sites for hydroxylation is 2. The maximum atomic E-state index is 13.0. The molecule has 2 aromatic heterocycles. The van der Waals surface area contributed by atoms with Crippen LogP contribution in [0, 0.1) is 6.92 Å². The SMILES string of the molecule is Cc1c(C(=O)N2CCOCC2)oc2c1-c1nn(CC(=O)NC(C)c3ccccc3)cc1CC2. The minimum atomic E-state index is -0.0986. The number of furan rings is 1. The van der Waals surface area contributed by atoms with Crippen LogP contribution in [0.25, 0.3) is 11.3 Å². The lowest BCUT2D eigenvalue weighted by atomic mass is 9.93. The maximum absolute atomic E-state index is 13.0. The van der Waals surface area contributed by atoms with E-state index >= 15 is 0 Å². The number of carbonyl (C=O) groups excluding carboxylic acids is 2. The van der Waals surface area contributed by atoms with E-state index in [0.717, 1.165) is 40.1 Å². The van der Waals surface area contributed by atoms with Crippen LogP contribution < -0.4 is 5.32 Å². The average molecular weight is 449 g/mol. The Morgan fingerprint density at radius 1 is 1.15 bits per heavy atom. The number of benzene rings is 1. The van der Waals surface area contributed by atoms with Gasteiger partial charge in [-0.25, -0.2) is 0 Å². The van der Waals surface area contributed by atoms with Crippen molar-refractivity contribution in [2.24, 2.45) is 0 Å². The third-order valence-electron chi connectivity index (χ3n) is 6.39. The van der Waals surface area contributed by atoms with Crippen molar-refractivity contribution in [2.45, 2.75) is 39.3 Å². The molecule has 3 heterocycles. The minimum absolute atomic E-state index is 0.0830. The molecule has 8 nitrogen and oxygen atoms in total. The predicted octanol–water partition coefficient (Wildman–Crippen LogP) is 2.90. The molecule has 2 amide bonds. The Morgan fingerprint density at radius 3 is 2.67 bits per heavy atom. The zero-order valence-electron chi connectivity index (χ0n) is 19.0. The van der Waals surface area contributed by atoms with Gasteiger partial charge in [0.25, 0.3) is 5.91 Å². The van der Waals surface area contributed by atoms with Crippen molar-refractivity contribution >= 4 is 11.8 Å². The second-order valence-corrected chi connectivity index (χ2v) is 8.66.